The molecule has 0 spiro atoms. The van der Waals surface area contributed by atoms with Gasteiger partial charge in [-0.15, -0.1) is 0 Å². The molecule has 0 saturated carbocycles. The zero-order valence-corrected chi connectivity index (χ0v) is 25.2. The Kier molecular flexibility index (Phi) is 7.28. The molecule has 1 saturated heterocycles. The number of hydrogen-bond acceptors (Lipinski definition) is 6. The number of anilines is 2. The molecule has 3 unspecified atom stereocenters. The van der Waals surface area contributed by atoms with Crippen molar-refractivity contribution in [3.63, 3.8) is 0 Å². The van der Waals surface area contributed by atoms with Crippen LogP contribution in [0.3, 0.4) is 0 Å². The van der Waals surface area contributed by atoms with Crippen LogP contribution in [-0.4, -0.2) is 27.5 Å². The lowest BCUT2D eigenvalue weighted by Gasteiger charge is -2.30. The number of nitrogens with one attached hydrogen (secondary N) is 1. The van der Waals surface area contributed by atoms with Crippen molar-refractivity contribution >= 4 is 84.1 Å². The molecule has 2 aliphatic rings. The van der Waals surface area contributed by atoms with Gasteiger partial charge in [0, 0.05) is 25.4 Å². The molecule has 7 nitrogen and oxygen atoms in total. The smallest absolute Gasteiger partial charge is 0.308 e. The molecule has 1 N–H and O–H groups in total. The van der Waals surface area contributed by atoms with Crippen molar-refractivity contribution in [1.29, 1.82) is 0 Å². The molecule has 3 atom stereocenters. The van der Waals surface area contributed by atoms with Gasteiger partial charge in [-0.1, -0.05) is 67.1 Å². The van der Waals surface area contributed by atoms with Crippen molar-refractivity contribution in [2.75, 3.05) is 10.2 Å². The van der Waals surface area contributed by atoms with E-state index in [1.54, 1.807) is 24.3 Å². The SMILES string of the molecule is O=C(Cn1c2c(sc1=O)C(c1ccc(Br)cc1)C1C(=O)N(c3ccc(Br)cc3)C(=O)C1S2)Nc1ccc(F)cc1. The van der Waals surface area contributed by atoms with Crippen LogP contribution in [0, 0.1) is 11.7 Å². The summed E-state index contributed by atoms with van der Waals surface area (Å²) in [5, 5.41) is 2.40. The first kappa shape index (κ1) is 27.1. The Morgan fingerprint density at radius 2 is 1.50 bits per heavy atom. The molecule has 0 radical (unpaired) electrons. The number of carbonyl (C=O) groups is 3. The number of benzene rings is 3. The number of halogens is 3. The van der Waals surface area contributed by atoms with Gasteiger partial charge in [-0.05, 0) is 66.2 Å². The van der Waals surface area contributed by atoms with E-state index in [0.717, 1.165) is 37.6 Å². The predicted octanol–water partition coefficient (Wildman–Crippen LogP) is 6.01. The number of thioether (sulfide) groups is 1. The van der Waals surface area contributed by atoms with Gasteiger partial charge in [0.15, 0.2) is 0 Å². The standard InChI is InChI=1S/C28H18Br2FN3O4S2/c29-15-3-1-14(2-4-15)21-22-23(26(37)34(25(22)36)19-11-5-16(30)6-12-19)39-27-24(21)40-28(38)33(27)13-20(35)32-18-9-7-17(31)8-10-18/h1-12,21-23H,13H2,(H,32,35). The molecule has 1 aromatic heterocycles. The van der Waals surface area contributed by atoms with Crippen LogP contribution >= 0.6 is 55.0 Å². The number of thiazole rings is 1. The predicted molar refractivity (Wildman–Crippen MR) is 159 cm³/mol. The summed E-state index contributed by atoms with van der Waals surface area (Å²) in [5.41, 5.74) is 1.66. The molecular formula is C28H18Br2FN3O4S2. The van der Waals surface area contributed by atoms with E-state index in [1.165, 1.54) is 33.7 Å². The second-order valence-electron chi connectivity index (χ2n) is 9.26. The number of hydrogen-bond donors (Lipinski definition) is 1. The van der Waals surface area contributed by atoms with Crippen LogP contribution in [0.1, 0.15) is 16.4 Å². The third kappa shape index (κ3) is 4.87. The number of rotatable bonds is 5. The summed E-state index contributed by atoms with van der Waals surface area (Å²) in [5.74, 6) is -2.87. The Bertz CT molecular complexity index is 1710. The highest BCUT2D eigenvalue weighted by Gasteiger charge is 2.56. The zero-order chi connectivity index (χ0) is 28.1. The van der Waals surface area contributed by atoms with Crippen molar-refractivity contribution < 1.29 is 18.8 Å². The number of aromatic nitrogens is 1. The minimum Gasteiger partial charge on any atom is -0.325 e. The highest BCUT2D eigenvalue weighted by molar-refractivity contribution is 9.10. The number of imide groups is 1. The van der Waals surface area contributed by atoms with Gasteiger partial charge in [-0.3, -0.25) is 23.7 Å². The Balaban J connectivity index is 1.40. The summed E-state index contributed by atoms with van der Waals surface area (Å²) >= 11 is 8.97. The Morgan fingerprint density at radius 1 is 0.875 bits per heavy atom. The normalized spacial score (nSPS) is 19.9. The van der Waals surface area contributed by atoms with E-state index in [0.29, 0.717) is 21.3 Å². The van der Waals surface area contributed by atoms with Gasteiger partial charge in [-0.25, -0.2) is 9.29 Å². The van der Waals surface area contributed by atoms with Gasteiger partial charge in [0.25, 0.3) is 0 Å². The van der Waals surface area contributed by atoms with Gasteiger partial charge in [-0.2, -0.15) is 0 Å². The maximum absolute atomic E-state index is 13.9. The summed E-state index contributed by atoms with van der Waals surface area (Å²) < 4.78 is 16.3. The summed E-state index contributed by atoms with van der Waals surface area (Å²) in [6.45, 7) is -0.294. The van der Waals surface area contributed by atoms with Gasteiger partial charge in [0.05, 0.1) is 16.6 Å². The van der Waals surface area contributed by atoms with E-state index in [1.807, 2.05) is 24.3 Å². The molecule has 3 heterocycles. The molecule has 12 heteroatoms. The first-order chi connectivity index (χ1) is 19.2. The molecule has 6 rings (SSSR count). The maximum Gasteiger partial charge on any atom is 0.308 e. The van der Waals surface area contributed by atoms with E-state index < -0.39 is 28.8 Å². The van der Waals surface area contributed by atoms with Crippen molar-refractivity contribution in [1.82, 2.24) is 4.57 Å². The summed E-state index contributed by atoms with van der Waals surface area (Å²) in [4.78, 5) is 55.3. The highest BCUT2D eigenvalue weighted by Crippen LogP contribution is 2.54. The van der Waals surface area contributed by atoms with Crippen LogP contribution in [0.5, 0.6) is 0 Å². The average molecular weight is 703 g/mol. The Labute approximate surface area is 252 Å². The van der Waals surface area contributed by atoms with Crippen LogP contribution in [0.4, 0.5) is 15.8 Å². The Hall–Kier alpha value is -3.06. The van der Waals surface area contributed by atoms with E-state index in [4.69, 9.17) is 0 Å². The summed E-state index contributed by atoms with van der Waals surface area (Å²) in [6, 6.07) is 19.7. The summed E-state index contributed by atoms with van der Waals surface area (Å²) in [6.07, 6.45) is 0. The largest absolute Gasteiger partial charge is 0.325 e. The third-order valence-corrected chi connectivity index (χ3v) is 10.5. The third-order valence-electron chi connectivity index (χ3n) is 6.79. The quantitative estimate of drug-likeness (QED) is 0.258. The van der Waals surface area contributed by atoms with Gasteiger partial charge < -0.3 is 5.32 Å². The molecule has 3 amide bonds. The van der Waals surface area contributed by atoms with Crippen molar-refractivity contribution in [3.05, 3.63) is 108 Å². The fraction of sp³-hybridized carbons (Fsp3) is 0.143. The van der Waals surface area contributed by atoms with Gasteiger partial charge in [0.2, 0.25) is 17.7 Å². The topological polar surface area (TPSA) is 88.5 Å². The molecule has 4 aromatic rings. The lowest BCUT2D eigenvalue weighted by Crippen LogP contribution is -2.33. The monoisotopic (exact) mass is 701 g/mol. The molecular weight excluding hydrogens is 685 g/mol. The fourth-order valence-corrected chi connectivity index (χ4v) is 8.31. The van der Waals surface area contributed by atoms with E-state index in [-0.39, 0.29) is 23.2 Å². The molecule has 3 aromatic carbocycles. The molecule has 40 heavy (non-hydrogen) atoms. The van der Waals surface area contributed by atoms with Crippen LogP contribution in [-0.2, 0) is 20.9 Å². The van der Waals surface area contributed by atoms with Crippen molar-refractivity contribution in [2.45, 2.75) is 22.7 Å². The lowest BCUT2D eigenvalue weighted by molar-refractivity contribution is -0.122. The Morgan fingerprint density at radius 3 is 2.15 bits per heavy atom. The molecule has 1 fully saturated rings. The minimum atomic E-state index is -0.780. The van der Waals surface area contributed by atoms with Crippen LogP contribution in [0.25, 0.3) is 0 Å². The average Bonchev–Trinajstić information content (AvgIpc) is 3.37. The zero-order valence-electron chi connectivity index (χ0n) is 20.3. The first-order valence-corrected chi connectivity index (χ1v) is 15.3. The molecule has 0 bridgehead atoms. The van der Waals surface area contributed by atoms with Crippen LogP contribution in [0.15, 0.2) is 91.6 Å². The second kappa shape index (κ2) is 10.7. The van der Waals surface area contributed by atoms with E-state index in [9.17, 15) is 23.6 Å². The number of nitrogens with zero attached hydrogens (tertiary/aromatic N) is 2. The molecule has 2 aliphatic heterocycles. The minimum absolute atomic E-state index is 0.294. The van der Waals surface area contributed by atoms with Crippen LogP contribution < -0.4 is 15.1 Å². The number of carbonyl (C=O) groups excluding carboxylic acids is 3. The molecule has 0 aliphatic carbocycles. The second-order valence-corrected chi connectivity index (χ2v) is 13.2. The highest BCUT2D eigenvalue weighted by atomic mass is 79.9. The molecule has 202 valence electrons. The number of fused-ring (bicyclic) bond motifs is 2. The summed E-state index contributed by atoms with van der Waals surface area (Å²) in [7, 11) is 0. The van der Waals surface area contributed by atoms with Gasteiger partial charge >= 0.3 is 4.87 Å². The lowest BCUT2D eigenvalue weighted by atomic mass is 9.83. The van der Waals surface area contributed by atoms with Crippen LogP contribution in [0.2, 0.25) is 0 Å². The first-order valence-electron chi connectivity index (χ1n) is 12.1. The van der Waals surface area contributed by atoms with E-state index in [2.05, 4.69) is 37.2 Å². The fourth-order valence-electron chi connectivity index (χ4n) is 5.01. The van der Waals surface area contributed by atoms with E-state index >= 15 is 0 Å². The van der Waals surface area contributed by atoms with Crippen molar-refractivity contribution in [2.24, 2.45) is 5.92 Å². The van der Waals surface area contributed by atoms with Gasteiger partial charge in [0.1, 0.15) is 17.6 Å². The number of amides is 3. The van der Waals surface area contributed by atoms with Crippen molar-refractivity contribution in [3.8, 4) is 0 Å². The maximum atomic E-state index is 13.9.